The molecule has 2 aromatic carbocycles. The van der Waals surface area contributed by atoms with Crippen LogP contribution >= 0.6 is 0 Å². The third-order valence-corrected chi connectivity index (χ3v) is 8.86. The summed E-state index contributed by atoms with van der Waals surface area (Å²) in [6, 6.07) is 13.3. The second kappa shape index (κ2) is 16.8. The molecule has 0 aromatic heterocycles. The Morgan fingerprint density at radius 1 is 0.814 bits per heavy atom. The summed E-state index contributed by atoms with van der Waals surface area (Å²) in [7, 11) is 0. The lowest BCUT2D eigenvalue weighted by Crippen LogP contribution is -2.46. The molecule has 0 radical (unpaired) electrons. The molecule has 2 aliphatic heterocycles. The molecular formula is C36H52N2O5. The summed E-state index contributed by atoms with van der Waals surface area (Å²) in [4.78, 5) is 28.1. The number of imide groups is 1. The summed E-state index contributed by atoms with van der Waals surface area (Å²) in [5.74, 6) is 2.23. The number of hydrogen-bond donors (Lipinski definition) is 0. The number of rotatable bonds is 16. The summed E-state index contributed by atoms with van der Waals surface area (Å²) >= 11 is 0. The Bertz CT molecular complexity index is 1120. The molecule has 236 valence electrons. The van der Waals surface area contributed by atoms with Crippen molar-refractivity contribution in [3.63, 3.8) is 0 Å². The van der Waals surface area contributed by atoms with Gasteiger partial charge in [0, 0.05) is 19.0 Å². The van der Waals surface area contributed by atoms with Gasteiger partial charge in [0.2, 0.25) is 0 Å². The molecule has 0 N–H and O–H groups in total. The Labute approximate surface area is 258 Å². The Kier molecular flexibility index (Phi) is 12.9. The van der Waals surface area contributed by atoms with Crippen molar-refractivity contribution >= 4 is 11.8 Å². The van der Waals surface area contributed by atoms with Crippen LogP contribution in [0.1, 0.15) is 93.4 Å². The van der Waals surface area contributed by atoms with Crippen molar-refractivity contribution in [2.24, 2.45) is 5.92 Å². The molecule has 43 heavy (non-hydrogen) atoms. The Morgan fingerprint density at radius 3 is 1.91 bits per heavy atom. The van der Waals surface area contributed by atoms with E-state index >= 15 is 0 Å². The van der Waals surface area contributed by atoms with E-state index in [0.29, 0.717) is 12.5 Å². The highest BCUT2D eigenvalue weighted by Crippen LogP contribution is 2.41. The maximum Gasteiger partial charge on any atom is 0.255 e. The van der Waals surface area contributed by atoms with Crippen LogP contribution in [-0.2, 0) is 14.3 Å². The molecular weight excluding hydrogens is 540 g/mol. The van der Waals surface area contributed by atoms with Crippen LogP contribution in [0.3, 0.4) is 0 Å². The minimum absolute atomic E-state index is 0.0114. The van der Waals surface area contributed by atoms with Gasteiger partial charge in [-0.15, -0.1) is 0 Å². The number of amides is 2. The quantitative estimate of drug-likeness (QED) is 0.160. The molecule has 2 aliphatic rings. The molecule has 0 bridgehead atoms. The lowest BCUT2D eigenvalue weighted by atomic mass is 9.74. The number of likely N-dealkylation sites (tertiary alicyclic amines) is 1. The fourth-order valence-electron chi connectivity index (χ4n) is 6.46. The van der Waals surface area contributed by atoms with Gasteiger partial charge in [0.05, 0.1) is 13.2 Å². The van der Waals surface area contributed by atoms with E-state index in [4.69, 9.17) is 14.2 Å². The molecule has 0 aliphatic carbocycles. The predicted molar refractivity (Wildman–Crippen MR) is 171 cm³/mol. The zero-order valence-electron chi connectivity index (χ0n) is 26.9. The molecule has 1 atom stereocenters. The zero-order valence-corrected chi connectivity index (χ0v) is 26.9. The first-order chi connectivity index (χ1) is 20.9. The molecule has 0 spiro atoms. The lowest BCUT2D eigenvalue weighted by molar-refractivity contribution is -0.158. The van der Waals surface area contributed by atoms with Crippen LogP contribution < -0.4 is 9.47 Å². The number of hydrogen-bond acceptors (Lipinski definition) is 6. The van der Waals surface area contributed by atoms with Gasteiger partial charge in [0.1, 0.15) is 24.7 Å². The largest absolute Gasteiger partial charge is 0.494 e. The number of carbonyl (C=O) groups is 2. The van der Waals surface area contributed by atoms with Crippen LogP contribution in [-0.4, -0.2) is 74.2 Å². The van der Waals surface area contributed by atoms with E-state index in [9.17, 15) is 9.59 Å². The van der Waals surface area contributed by atoms with Crippen LogP contribution in [0.2, 0.25) is 0 Å². The second-order valence-electron chi connectivity index (χ2n) is 12.3. The Hall–Kier alpha value is -2.90. The number of ether oxygens (including phenoxy) is 3. The molecule has 2 heterocycles. The summed E-state index contributed by atoms with van der Waals surface area (Å²) in [6.45, 7) is 13.9. The molecule has 4 rings (SSSR count). The first-order valence-electron chi connectivity index (χ1n) is 16.5. The van der Waals surface area contributed by atoms with Gasteiger partial charge in [-0.1, -0.05) is 38.8 Å². The Morgan fingerprint density at radius 2 is 1.37 bits per heavy atom. The maximum atomic E-state index is 12.1. The van der Waals surface area contributed by atoms with Gasteiger partial charge in [-0.25, -0.2) is 0 Å². The van der Waals surface area contributed by atoms with E-state index in [1.54, 1.807) is 0 Å². The van der Waals surface area contributed by atoms with Crippen LogP contribution in [0.4, 0.5) is 0 Å². The molecule has 0 saturated carbocycles. The lowest BCUT2D eigenvalue weighted by Gasteiger charge is -2.38. The highest BCUT2D eigenvalue weighted by atomic mass is 16.5. The molecule has 2 aromatic rings. The van der Waals surface area contributed by atoms with E-state index in [1.165, 1.54) is 33.6 Å². The van der Waals surface area contributed by atoms with Crippen molar-refractivity contribution in [3.05, 3.63) is 58.7 Å². The van der Waals surface area contributed by atoms with Crippen LogP contribution in [0.15, 0.2) is 36.4 Å². The van der Waals surface area contributed by atoms with Gasteiger partial charge >= 0.3 is 0 Å². The SMILES string of the molecule is CCCCOc1ccc(C(c2ccc(OCCCC)cc2C)C2CCCN(CCCCN3C(=O)COCC3=O)C2)c(C)c1. The standard InChI is InChI=1S/C36H52N2O5/c1-5-7-20-42-30-13-15-32(27(3)22-30)36(33-16-14-31(23-28(33)4)43-21-8-6-2)29-12-11-18-37(24-29)17-9-10-19-38-34(39)25-41-26-35(38)40/h13-16,22-23,29,36H,5-12,17-21,24-26H2,1-4H3. The van der Waals surface area contributed by atoms with E-state index in [-0.39, 0.29) is 30.9 Å². The Balaban J connectivity index is 1.49. The summed E-state index contributed by atoms with van der Waals surface area (Å²) in [5.41, 5.74) is 5.31. The van der Waals surface area contributed by atoms with Crippen molar-refractivity contribution < 1.29 is 23.8 Å². The highest BCUT2D eigenvalue weighted by molar-refractivity contribution is 5.98. The molecule has 2 fully saturated rings. The third kappa shape index (κ3) is 9.29. The van der Waals surface area contributed by atoms with E-state index in [2.05, 4.69) is 69.0 Å². The van der Waals surface area contributed by atoms with Crippen molar-refractivity contribution in [1.29, 1.82) is 0 Å². The number of carbonyl (C=O) groups excluding carboxylic acids is 2. The number of unbranched alkanes of at least 4 members (excludes halogenated alkanes) is 3. The minimum atomic E-state index is -0.216. The summed E-state index contributed by atoms with van der Waals surface area (Å²) < 4.78 is 17.1. The van der Waals surface area contributed by atoms with Gasteiger partial charge in [0.25, 0.3) is 11.8 Å². The zero-order chi connectivity index (χ0) is 30.6. The smallest absolute Gasteiger partial charge is 0.255 e. The molecule has 2 saturated heterocycles. The average Bonchev–Trinajstić information content (AvgIpc) is 2.99. The normalized spacial score (nSPS) is 18.0. The fourth-order valence-corrected chi connectivity index (χ4v) is 6.46. The van der Waals surface area contributed by atoms with Crippen molar-refractivity contribution in [2.45, 2.75) is 85.0 Å². The second-order valence-corrected chi connectivity index (χ2v) is 12.3. The number of morpholine rings is 1. The topological polar surface area (TPSA) is 68.3 Å². The van der Waals surface area contributed by atoms with Crippen LogP contribution in [0.25, 0.3) is 0 Å². The summed E-state index contributed by atoms with van der Waals surface area (Å²) in [6.07, 6.45) is 8.49. The summed E-state index contributed by atoms with van der Waals surface area (Å²) in [5, 5.41) is 0. The third-order valence-electron chi connectivity index (χ3n) is 8.86. The first kappa shape index (κ1) is 33.0. The molecule has 1 unspecified atom stereocenters. The van der Waals surface area contributed by atoms with Gasteiger partial charge in [-0.3, -0.25) is 14.5 Å². The fraction of sp³-hybridized carbons (Fsp3) is 0.611. The average molecular weight is 593 g/mol. The predicted octanol–water partition coefficient (Wildman–Crippen LogP) is 6.67. The maximum absolute atomic E-state index is 12.1. The minimum Gasteiger partial charge on any atom is -0.494 e. The monoisotopic (exact) mass is 592 g/mol. The van der Waals surface area contributed by atoms with Gasteiger partial charge in [-0.2, -0.15) is 0 Å². The van der Waals surface area contributed by atoms with E-state index in [0.717, 1.165) is 89.3 Å². The molecule has 2 amide bonds. The van der Waals surface area contributed by atoms with Crippen LogP contribution in [0.5, 0.6) is 11.5 Å². The number of benzene rings is 2. The first-order valence-corrected chi connectivity index (χ1v) is 16.5. The number of aryl methyl sites for hydroxylation is 2. The van der Waals surface area contributed by atoms with Crippen molar-refractivity contribution in [1.82, 2.24) is 9.80 Å². The number of nitrogens with zero attached hydrogens (tertiary/aromatic N) is 2. The van der Waals surface area contributed by atoms with Gasteiger partial charge < -0.3 is 19.1 Å². The van der Waals surface area contributed by atoms with Crippen molar-refractivity contribution in [2.75, 3.05) is 52.6 Å². The van der Waals surface area contributed by atoms with E-state index < -0.39 is 0 Å². The highest BCUT2D eigenvalue weighted by Gasteiger charge is 2.32. The van der Waals surface area contributed by atoms with Gasteiger partial charge in [-0.05, 0) is 118 Å². The molecule has 7 heteroatoms. The van der Waals surface area contributed by atoms with Gasteiger partial charge in [0.15, 0.2) is 0 Å². The molecule has 7 nitrogen and oxygen atoms in total. The number of piperidine rings is 1. The van der Waals surface area contributed by atoms with Crippen LogP contribution in [0, 0.1) is 19.8 Å². The van der Waals surface area contributed by atoms with E-state index in [1.807, 2.05) is 0 Å². The van der Waals surface area contributed by atoms with Crippen molar-refractivity contribution in [3.8, 4) is 11.5 Å².